The Labute approximate surface area is 119 Å². The zero-order chi connectivity index (χ0) is 15.5. The summed E-state index contributed by atoms with van der Waals surface area (Å²) in [6.07, 6.45) is 2.55. The van der Waals surface area contributed by atoms with E-state index in [4.69, 9.17) is 5.73 Å². The van der Waals surface area contributed by atoms with Crippen LogP contribution in [0.15, 0.2) is 24.3 Å². The van der Waals surface area contributed by atoms with E-state index in [1.807, 2.05) is 6.92 Å². The van der Waals surface area contributed by atoms with Gasteiger partial charge in [-0.1, -0.05) is 25.5 Å². The van der Waals surface area contributed by atoms with Crippen LogP contribution in [-0.2, 0) is 9.53 Å². The van der Waals surface area contributed by atoms with Crippen LogP contribution in [0.25, 0.3) is 0 Å². The number of ketones is 1. The van der Waals surface area contributed by atoms with E-state index < -0.39 is 5.91 Å². The van der Waals surface area contributed by atoms with Gasteiger partial charge in [0, 0.05) is 17.5 Å². The Balaban J connectivity index is 0.000000396. The molecule has 0 fully saturated rings. The average Bonchev–Trinajstić information content (AvgIpc) is 2.45. The largest absolute Gasteiger partial charge is 0.469 e. The lowest BCUT2D eigenvalue weighted by atomic mass is 10.1. The normalized spacial score (nSPS) is 9.15. The van der Waals surface area contributed by atoms with Crippen molar-refractivity contribution in [2.24, 2.45) is 5.73 Å². The van der Waals surface area contributed by atoms with E-state index in [1.165, 1.54) is 14.0 Å². The smallest absolute Gasteiger partial charge is 0.305 e. The summed E-state index contributed by atoms with van der Waals surface area (Å²) in [7, 11) is 1.41. The molecule has 0 saturated carbocycles. The molecule has 0 radical (unpaired) electrons. The number of ether oxygens (including phenoxy) is 1. The van der Waals surface area contributed by atoms with Crippen molar-refractivity contribution in [2.45, 2.75) is 33.1 Å². The lowest BCUT2D eigenvalue weighted by molar-refractivity contribution is -0.140. The summed E-state index contributed by atoms with van der Waals surface area (Å²) in [6, 6.07) is 6.25. The van der Waals surface area contributed by atoms with Crippen molar-refractivity contribution in [3.05, 3.63) is 35.4 Å². The molecule has 0 aromatic heterocycles. The summed E-state index contributed by atoms with van der Waals surface area (Å²) in [5, 5.41) is 0. The van der Waals surface area contributed by atoms with Crippen LogP contribution in [-0.4, -0.2) is 24.8 Å². The highest BCUT2D eigenvalue weighted by Gasteiger charge is 2.01. The van der Waals surface area contributed by atoms with E-state index in [1.54, 1.807) is 24.3 Å². The van der Waals surface area contributed by atoms with Crippen LogP contribution in [0.1, 0.15) is 53.8 Å². The number of carbonyl (C=O) groups excluding carboxylic acids is 3. The molecule has 110 valence electrons. The van der Waals surface area contributed by atoms with Crippen LogP contribution in [0.2, 0.25) is 0 Å². The van der Waals surface area contributed by atoms with Gasteiger partial charge in [-0.2, -0.15) is 0 Å². The fourth-order valence-corrected chi connectivity index (χ4v) is 1.29. The Morgan fingerprint density at radius 1 is 1.10 bits per heavy atom. The molecule has 0 atom stereocenters. The van der Waals surface area contributed by atoms with Crippen molar-refractivity contribution in [1.82, 2.24) is 0 Å². The second kappa shape index (κ2) is 9.72. The molecule has 20 heavy (non-hydrogen) atoms. The summed E-state index contributed by atoms with van der Waals surface area (Å²) in [6.45, 7) is 3.52. The van der Waals surface area contributed by atoms with Crippen LogP contribution in [0.3, 0.4) is 0 Å². The minimum atomic E-state index is -0.481. The highest BCUT2D eigenvalue weighted by Crippen LogP contribution is 2.03. The minimum absolute atomic E-state index is 0.0222. The SMILES string of the molecule is CC(=O)c1ccc(C(N)=O)cc1.CCCCC(=O)OC. The van der Waals surface area contributed by atoms with Gasteiger partial charge in [-0.15, -0.1) is 0 Å². The summed E-state index contributed by atoms with van der Waals surface area (Å²) in [5.74, 6) is -0.608. The number of unbranched alkanes of at least 4 members (excludes halogenated alkanes) is 1. The van der Waals surface area contributed by atoms with Gasteiger partial charge in [-0.05, 0) is 25.5 Å². The molecule has 1 amide bonds. The number of methoxy groups -OCH3 is 1. The molecule has 0 bridgehead atoms. The molecule has 0 spiro atoms. The molecule has 1 aromatic carbocycles. The summed E-state index contributed by atoms with van der Waals surface area (Å²) in [5.41, 5.74) is 6.02. The van der Waals surface area contributed by atoms with Gasteiger partial charge in [0.2, 0.25) is 5.91 Å². The van der Waals surface area contributed by atoms with Gasteiger partial charge in [0.1, 0.15) is 0 Å². The van der Waals surface area contributed by atoms with E-state index in [-0.39, 0.29) is 11.8 Å². The second-order valence-electron chi connectivity index (χ2n) is 4.18. The second-order valence-corrected chi connectivity index (χ2v) is 4.18. The molecule has 2 N–H and O–H groups in total. The Morgan fingerprint density at radius 2 is 1.60 bits per heavy atom. The summed E-state index contributed by atoms with van der Waals surface area (Å²) >= 11 is 0. The highest BCUT2D eigenvalue weighted by atomic mass is 16.5. The molecule has 0 aliphatic heterocycles. The monoisotopic (exact) mass is 279 g/mol. The van der Waals surface area contributed by atoms with E-state index in [0.717, 1.165) is 12.8 Å². The first kappa shape index (κ1) is 17.8. The Hall–Kier alpha value is -2.17. The Morgan fingerprint density at radius 3 is 1.95 bits per heavy atom. The predicted molar refractivity (Wildman–Crippen MR) is 76.5 cm³/mol. The fourth-order valence-electron chi connectivity index (χ4n) is 1.29. The number of hydrogen-bond acceptors (Lipinski definition) is 4. The zero-order valence-electron chi connectivity index (χ0n) is 12.1. The predicted octanol–water partition coefficient (Wildman–Crippen LogP) is 2.34. The van der Waals surface area contributed by atoms with Crippen LogP contribution in [0, 0.1) is 0 Å². The molecule has 1 rings (SSSR count). The maximum Gasteiger partial charge on any atom is 0.305 e. The molecule has 5 nitrogen and oxygen atoms in total. The number of carbonyl (C=O) groups is 3. The topological polar surface area (TPSA) is 86.5 Å². The molecule has 0 aliphatic rings. The number of Topliss-reactive ketones (excluding diaryl/α,β-unsaturated/α-hetero) is 1. The zero-order valence-corrected chi connectivity index (χ0v) is 12.1. The standard InChI is InChI=1S/C9H9NO2.C6H12O2/c1-6(11)7-2-4-8(5-3-7)9(10)12;1-3-4-5-6(7)8-2/h2-5H,1H3,(H2,10,12);3-5H2,1-2H3. The first-order valence-electron chi connectivity index (χ1n) is 6.40. The number of amides is 1. The van der Waals surface area contributed by atoms with Crippen molar-refractivity contribution >= 4 is 17.7 Å². The third-order valence-electron chi connectivity index (χ3n) is 2.54. The summed E-state index contributed by atoms with van der Waals surface area (Å²) in [4.78, 5) is 31.8. The van der Waals surface area contributed by atoms with Gasteiger partial charge in [-0.25, -0.2) is 0 Å². The number of hydrogen-bond donors (Lipinski definition) is 1. The van der Waals surface area contributed by atoms with Gasteiger partial charge in [0.25, 0.3) is 0 Å². The van der Waals surface area contributed by atoms with Crippen molar-refractivity contribution in [2.75, 3.05) is 7.11 Å². The van der Waals surface area contributed by atoms with Gasteiger partial charge in [0.15, 0.2) is 5.78 Å². The van der Waals surface area contributed by atoms with E-state index >= 15 is 0 Å². The average molecular weight is 279 g/mol. The summed E-state index contributed by atoms with van der Waals surface area (Å²) < 4.78 is 4.41. The van der Waals surface area contributed by atoms with Crippen molar-refractivity contribution < 1.29 is 19.1 Å². The first-order chi connectivity index (χ1) is 9.42. The molecular weight excluding hydrogens is 258 g/mol. The molecule has 0 heterocycles. The molecular formula is C15H21NO4. The molecule has 0 saturated heterocycles. The molecule has 0 aliphatic carbocycles. The van der Waals surface area contributed by atoms with Crippen LogP contribution in [0.5, 0.6) is 0 Å². The Bertz CT molecular complexity index is 418. The van der Waals surface area contributed by atoms with E-state index in [0.29, 0.717) is 17.5 Å². The van der Waals surface area contributed by atoms with Gasteiger partial charge in [0.05, 0.1) is 7.11 Å². The quantitative estimate of drug-likeness (QED) is 0.662. The third-order valence-corrected chi connectivity index (χ3v) is 2.54. The van der Waals surface area contributed by atoms with E-state index in [9.17, 15) is 14.4 Å². The first-order valence-corrected chi connectivity index (χ1v) is 6.40. The molecule has 1 aromatic rings. The maximum absolute atomic E-state index is 10.8. The van der Waals surface area contributed by atoms with Gasteiger partial charge < -0.3 is 10.5 Å². The highest BCUT2D eigenvalue weighted by molar-refractivity contribution is 5.97. The molecule has 0 unspecified atom stereocenters. The molecule has 5 heteroatoms. The fraction of sp³-hybridized carbons (Fsp3) is 0.400. The van der Waals surface area contributed by atoms with Crippen LogP contribution < -0.4 is 5.73 Å². The van der Waals surface area contributed by atoms with E-state index in [2.05, 4.69) is 4.74 Å². The lowest BCUT2D eigenvalue weighted by Crippen LogP contribution is -2.10. The number of nitrogens with two attached hydrogens (primary N) is 1. The number of primary amides is 1. The lowest BCUT2D eigenvalue weighted by Gasteiger charge is -1.96. The van der Waals surface area contributed by atoms with Gasteiger partial charge >= 0.3 is 5.97 Å². The maximum atomic E-state index is 10.8. The number of rotatable bonds is 5. The van der Waals surface area contributed by atoms with Crippen molar-refractivity contribution in [3.8, 4) is 0 Å². The van der Waals surface area contributed by atoms with Gasteiger partial charge in [-0.3, -0.25) is 14.4 Å². The minimum Gasteiger partial charge on any atom is -0.469 e. The van der Waals surface area contributed by atoms with Crippen LogP contribution >= 0.6 is 0 Å². The third kappa shape index (κ3) is 7.31. The Kier molecular flexibility index (Phi) is 8.67. The van der Waals surface area contributed by atoms with Crippen molar-refractivity contribution in [3.63, 3.8) is 0 Å². The number of esters is 1. The number of benzene rings is 1. The van der Waals surface area contributed by atoms with Crippen molar-refractivity contribution in [1.29, 1.82) is 0 Å². The van der Waals surface area contributed by atoms with Crippen LogP contribution in [0.4, 0.5) is 0 Å².